The molecule has 0 aromatic rings. The standard InChI is InChI=1S/C19H38N2/c1-5-16-10-12-17(13-11-16)18(20-7-3)19(4,6-2)21-14-8-9-15-21/h16-18,20H,5-15H2,1-4H3. The van der Waals surface area contributed by atoms with Crippen LogP contribution in [0.3, 0.4) is 0 Å². The molecule has 0 spiro atoms. The molecular weight excluding hydrogens is 256 g/mol. The number of likely N-dealkylation sites (tertiary alicyclic amines) is 1. The lowest BCUT2D eigenvalue weighted by Crippen LogP contribution is -2.61. The summed E-state index contributed by atoms with van der Waals surface area (Å²) in [5.41, 5.74) is 0.357. The SMILES string of the molecule is CCNC(C1CCC(CC)CC1)C(C)(CC)N1CCCC1. The summed E-state index contributed by atoms with van der Waals surface area (Å²) >= 11 is 0. The second-order valence-electron chi connectivity index (χ2n) is 7.63. The lowest BCUT2D eigenvalue weighted by molar-refractivity contribution is 0.0427. The van der Waals surface area contributed by atoms with Crippen LogP contribution in [0, 0.1) is 11.8 Å². The van der Waals surface area contributed by atoms with Gasteiger partial charge in [0.15, 0.2) is 0 Å². The minimum atomic E-state index is 0.357. The molecule has 124 valence electrons. The fourth-order valence-electron chi connectivity index (χ4n) is 4.91. The zero-order valence-corrected chi connectivity index (χ0v) is 15.0. The van der Waals surface area contributed by atoms with Crippen LogP contribution in [0.4, 0.5) is 0 Å². The quantitative estimate of drug-likeness (QED) is 0.746. The molecule has 1 aliphatic carbocycles. The summed E-state index contributed by atoms with van der Waals surface area (Å²) in [6.45, 7) is 13.3. The maximum absolute atomic E-state index is 3.91. The van der Waals surface area contributed by atoms with Gasteiger partial charge in [-0.05, 0) is 70.5 Å². The van der Waals surface area contributed by atoms with Crippen LogP contribution in [-0.2, 0) is 0 Å². The lowest BCUT2D eigenvalue weighted by atomic mass is 9.71. The van der Waals surface area contributed by atoms with E-state index >= 15 is 0 Å². The second-order valence-corrected chi connectivity index (χ2v) is 7.63. The largest absolute Gasteiger partial charge is 0.312 e. The zero-order chi connectivity index (χ0) is 15.3. The van der Waals surface area contributed by atoms with Gasteiger partial charge in [-0.1, -0.05) is 40.0 Å². The molecule has 0 bridgehead atoms. The summed E-state index contributed by atoms with van der Waals surface area (Å²) in [5, 5.41) is 3.91. The Balaban J connectivity index is 2.08. The van der Waals surface area contributed by atoms with Crippen molar-refractivity contribution in [1.82, 2.24) is 10.2 Å². The normalized spacial score (nSPS) is 32.0. The highest BCUT2D eigenvalue weighted by Gasteiger charge is 2.43. The van der Waals surface area contributed by atoms with Gasteiger partial charge in [0.2, 0.25) is 0 Å². The molecule has 0 aromatic carbocycles. The van der Waals surface area contributed by atoms with Gasteiger partial charge in [0.1, 0.15) is 0 Å². The molecule has 2 rings (SSSR count). The van der Waals surface area contributed by atoms with Crippen molar-refractivity contribution in [1.29, 1.82) is 0 Å². The molecular formula is C19H38N2. The number of likely N-dealkylation sites (N-methyl/N-ethyl adjacent to an activating group) is 1. The van der Waals surface area contributed by atoms with Gasteiger partial charge in [0.05, 0.1) is 0 Å². The molecule has 2 nitrogen and oxygen atoms in total. The van der Waals surface area contributed by atoms with Gasteiger partial charge in [-0.25, -0.2) is 0 Å². The van der Waals surface area contributed by atoms with Crippen molar-refractivity contribution in [3.63, 3.8) is 0 Å². The number of hydrogen-bond donors (Lipinski definition) is 1. The molecule has 21 heavy (non-hydrogen) atoms. The molecule has 0 aromatic heterocycles. The van der Waals surface area contributed by atoms with Crippen molar-refractivity contribution in [3.05, 3.63) is 0 Å². The molecule has 2 heteroatoms. The van der Waals surface area contributed by atoms with E-state index in [1.165, 1.54) is 64.5 Å². The van der Waals surface area contributed by atoms with Crippen LogP contribution in [-0.4, -0.2) is 36.1 Å². The van der Waals surface area contributed by atoms with E-state index in [0.29, 0.717) is 11.6 Å². The molecule has 0 radical (unpaired) electrons. The summed E-state index contributed by atoms with van der Waals surface area (Å²) in [5.74, 6) is 1.89. The Labute approximate surface area is 133 Å². The van der Waals surface area contributed by atoms with Gasteiger partial charge in [-0.2, -0.15) is 0 Å². The minimum absolute atomic E-state index is 0.357. The first-order chi connectivity index (χ1) is 10.2. The fraction of sp³-hybridized carbons (Fsp3) is 1.00. The number of nitrogens with one attached hydrogen (secondary N) is 1. The van der Waals surface area contributed by atoms with E-state index < -0.39 is 0 Å². The Bertz CT molecular complexity index is 290. The van der Waals surface area contributed by atoms with Gasteiger partial charge in [0.25, 0.3) is 0 Å². The Morgan fingerprint density at radius 2 is 1.67 bits per heavy atom. The Kier molecular flexibility index (Phi) is 6.55. The zero-order valence-electron chi connectivity index (χ0n) is 15.0. The number of hydrogen-bond acceptors (Lipinski definition) is 2. The summed E-state index contributed by atoms with van der Waals surface area (Å²) in [6, 6.07) is 0.684. The van der Waals surface area contributed by atoms with Crippen molar-refractivity contribution >= 4 is 0 Å². The third-order valence-electron chi connectivity index (χ3n) is 6.58. The van der Waals surface area contributed by atoms with E-state index in [1.54, 1.807) is 0 Å². The van der Waals surface area contributed by atoms with Crippen LogP contribution >= 0.6 is 0 Å². The molecule has 2 unspecified atom stereocenters. The number of nitrogens with zero attached hydrogens (tertiary/aromatic N) is 1. The van der Waals surface area contributed by atoms with E-state index in [9.17, 15) is 0 Å². The highest BCUT2D eigenvalue weighted by Crippen LogP contribution is 2.39. The topological polar surface area (TPSA) is 15.3 Å². The van der Waals surface area contributed by atoms with Gasteiger partial charge >= 0.3 is 0 Å². The van der Waals surface area contributed by atoms with Gasteiger partial charge in [0, 0.05) is 11.6 Å². The van der Waals surface area contributed by atoms with Crippen LogP contribution < -0.4 is 5.32 Å². The summed E-state index contributed by atoms with van der Waals surface area (Å²) in [4.78, 5) is 2.80. The third-order valence-corrected chi connectivity index (χ3v) is 6.58. The average Bonchev–Trinajstić information content (AvgIpc) is 3.07. The van der Waals surface area contributed by atoms with Crippen molar-refractivity contribution < 1.29 is 0 Å². The molecule has 2 fully saturated rings. The van der Waals surface area contributed by atoms with E-state index in [4.69, 9.17) is 0 Å². The first-order valence-electron chi connectivity index (χ1n) is 9.64. The predicted molar refractivity (Wildman–Crippen MR) is 92.7 cm³/mol. The van der Waals surface area contributed by atoms with Gasteiger partial charge in [-0.15, -0.1) is 0 Å². The summed E-state index contributed by atoms with van der Waals surface area (Å²) < 4.78 is 0. The monoisotopic (exact) mass is 294 g/mol. The molecule has 2 aliphatic rings. The van der Waals surface area contributed by atoms with Crippen LogP contribution in [0.15, 0.2) is 0 Å². The summed E-state index contributed by atoms with van der Waals surface area (Å²) in [7, 11) is 0. The molecule has 1 saturated heterocycles. The first-order valence-corrected chi connectivity index (χ1v) is 9.64. The average molecular weight is 295 g/mol. The van der Waals surface area contributed by atoms with E-state index in [2.05, 4.69) is 37.9 Å². The van der Waals surface area contributed by atoms with Crippen molar-refractivity contribution in [2.24, 2.45) is 11.8 Å². The van der Waals surface area contributed by atoms with Crippen molar-refractivity contribution in [2.75, 3.05) is 19.6 Å². The highest BCUT2D eigenvalue weighted by molar-refractivity contribution is 5.01. The molecule has 1 aliphatic heterocycles. The van der Waals surface area contributed by atoms with E-state index in [0.717, 1.165) is 18.4 Å². The van der Waals surface area contributed by atoms with Gasteiger partial charge < -0.3 is 5.32 Å². The third kappa shape index (κ3) is 3.82. The molecule has 0 amide bonds. The minimum Gasteiger partial charge on any atom is -0.312 e. The van der Waals surface area contributed by atoms with Crippen molar-refractivity contribution in [2.45, 2.75) is 90.6 Å². The van der Waals surface area contributed by atoms with Crippen LogP contribution in [0.2, 0.25) is 0 Å². The highest BCUT2D eigenvalue weighted by atomic mass is 15.2. The van der Waals surface area contributed by atoms with Crippen LogP contribution in [0.5, 0.6) is 0 Å². The Morgan fingerprint density at radius 3 is 2.14 bits per heavy atom. The van der Waals surface area contributed by atoms with Crippen molar-refractivity contribution in [3.8, 4) is 0 Å². The second kappa shape index (κ2) is 7.97. The number of rotatable bonds is 7. The maximum atomic E-state index is 3.91. The van der Waals surface area contributed by atoms with E-state index in [1.807, 2.05) is 0 Å². The Morgan fingerprint density at radius 1 is 1.05 bits per heavy atom. The van der Waals surface area contributed by atoms with Crippen LogP contribution in [0.25, 0.3) is 0 Å². The molecule has 2 atom stereocenters. The molecule has 1 heterocycles. The van der Waals surface area contributed by atoms with E-state index in [-0.39, 0.29) is 0 Å². The predicted octanol–water partition coefficient (Wildman–Crippen LogP) is 4.45. The maximum Gasteiger partial charge on any atom is 0.0334 e. The fourth-order valence-corrected chi connectivity index (χ4v) is 4.91. The lowest BCUT2D eigenvalue weighted by Gasteiger charge is -2.49. The van der Waals surface area contributed by atoms with Gasteiger partial charge in [-0.3, -0.25) is 4.90 Å². The molecule has 1 N–H and O–H groups in total. The Hall–Kier alpha value is -0.0800. The van der Waals surface area contributed by atoms with Crippen LogP contribution in [0.1, 0.15) is 79.1 Å². The molecule has 1 saturated carbocycles. The summed E-state index contributed by atoms with van der Waals surface area (Å²) in [6.07, 6.45) is 11.3. The smallest absolute Gasteiger partial charge is 0.0334 e. The first kappa shape index (κ1) is 17.3.